The van der Waals surface area contributed by atoms with Gasteiger partial charge in [0.25, 0.3) is 5.56 Å². The molecule has 0 amide bonds. The normalized spacial score (nSPS) is 11.7. The number of ether oxygens (including phenoxy) is 1. The van der Waals surface area contributed by atoms with Gasteiger partial charge in [-0.1, -0.05) is 30.3 Å². The van der Waals surface area contributed by atoms with Crippen molar-refractivity contribution in [2.45, 2.75) is 20.0 Å². The summed E-state index contributed by atoms with van der Waals surface area (Å²) in [4.78, 5) is 18.0. The molecule has 0 saturated carbocycles. The lowest BCUT2D eigenvalue weighted by Crippen LogP contribution is -2.20. The monoisotopic (exact) mass is 423 g/mol. The van der Waals surface area contributed by atoms with Crippen LogP contribution in [0.3, 0.4) is 0 Å². The van der Waals surface area contributed by atoms with Gasteiger partial charge in [-0.05, 0) is 67.9 Å². The minimum absolute atomic E-state index is 0.100. The van der Waals surface area contributed by atoms with Gasteiger partial charge in [-0.25, -0.2) is 4.98 Å². The fourth-order valence-corrected chi connectivity index (χ4v) is 3.51. The minimum Gasteiger partial charge on any atom is -0.491 e. The van der Waals surface area contributed by atoms with E-state index in [-0.39, 0.29) is 11.7 Å². The lowest BCUT2D eigenvalue weighted by Gasteiger charge is -2.09. The zero-order valence-corrected chi connectivity index (χ0v) is 17.7. The molecule has 2 aromatic heterocycles. The molecule has 5 aromatic rings. The van der Waals surface area contributed by atoms with E-state index in [0.717, 1.165) is 22.3 Å². The van der Waals surface area contributed by atoms with Gasteiger partial charge in [-0.2, -0.15) is 9.78 Å². The minimum atomic E-state index is -0.262. The Labute approximate surface area is 184 Å². The summed E-state index contributed by atoms with van der Waals surface area (Å²) < 4.78 is 13.0. The van der Waals surface area contributed by atoms with Crippen molar-refractivity contribution in [3.63, 3.8) is 0 Å². The van der Waals surface area contributed by atoms with Crippen molar-refractivity contribution in [3.8, 4) is 17.3 Å². The van der Waals surface area contributed by atoms with Crippen LogP contribution in [-0.4, -0.2) is 22.0 Å². The number of hydrogen-bond donors (Lipinski definition) is 0. The van der Waals surface area contributed by atoms with Crippen LogP contribution in [0.2, 0.25) is 0 Å². The molecule has 2 heterocycles. The molecule has 0 bridgehead atoms. The van der Waals surface area contributed by atoms with Gasteiger partial charge in [0.15, 0.2) is 5.76 Å². The van der Waals surface area contributed by atoms with Crippen LogP contribution in [0.5, 0.6) is 5.75 Å². The van der Waals surface area contributed by atoms with Crippen molar-refractivity contribution >= 4 is 28.1 Å². The second kappa shape index (κ2) is 8.15. The summed E-state index contributed by atoms with van der Waals surface area (Å²) in [5, 5.41) is 5.90. The molecule has 158 valence electrons. The standard InChI is InChI=1S/C26H21N3O3/c1-17(2)31-20-13-11-18(12-14-20)16-27-29-25(24-15-19-7-3-6-10-23(19)32-24)28-22-9-5-4-8-21(22)26(29)30/h3-17H,1-2H3. The van der Waals surface area contributed by atoms with Crippen LogP contribution in [0, 0.1) is 0 Å². The lowest BCUT2D eigenvalue weighted by atomic mass is 10.2. The first-order valence-electron chi connectivity index (χ1n) is 10.4. The molecule has 0 aliphatic carbocycles. The molecule has 6 nitrogen and oxygen atoms in total. The van der Waals surface area contributed by atoms with Crippen LogP contribution < -0.4 is 10.3 Å². The summed E-state index contributed by atoms with van der Waals surface area (Å²) in [5.41, 5.74) is 1.88. The van der Waals surface area contributed by atoms with Gasteiger partial charge in [-0.3, -0.25) is 4.79 Å². The first-order valence-corrected chi connectivity index (χ1v) is 10.4. The molecule has 0 N–H and O–H groups in total. The van der Waals surface area contributed by atoms with Crippen molar-refractivity contribution in [1.29, 1.82) is 0 Å². The average Bonchev–Trinajstić information content (AvgIpc) is 3.23. The molecule has 0 aliphatic heterocycles. The second-order valence-electron chi connectivity index (χ2n) is 7.70. The van der Waals surface area contributed by atoms with Gasteiger partial charge in [0.2, 0.25) is 5.82 Å². The highest BCUT2D eigenvalue weighted by atomic mass is 16.5. The van der Waals surface area contributed by atoms with E-state index in [1.165, 1.54) is 4.68 Å². The van der Waals surface area contributed by atoms with Gasteiger partial charge >= 0.3 is 0 Å². The number of fused-ring (bicyclic) bond motifs is 2. The Bertz CT molecular complexity index is 1460. The number of nitrogens with zero attached hydrogens (tertiary/aromatic N) is 3. The fourth-order valence-electron chi connectivity index (χ4n) is 3.51. The highest BCUT2D eigenvalue weighted by molar-refractivity contribution is 5.84. The van der Waals surface area contributed by atoms with Gasteiger partial charge in [0.05, 0.1) is 23.2 Å². The molecule has 5 rings (SSSR count). The van der Waals surface area contributed by atoms with Crippen molar-refractivity contribution in [3.05, 3.63) is 94.8 Å². The zero-order chi connectivity index (χ0) is 22.1. The third-order valence-corrected chi connectivity index (χ3v) is 4.97. The molecule has 0 atom stereocenters. The number of aromatic nitrogens is 2. The van der Waals surface area contributed by atoms with Crippen molar-refractivity contribution in [1.82, 2.24) is 9.66 Å². The molecule has 3 aromatic carbocycles. The van der Waals surface area contributed by atoms with Crippen molar-refractivity contribution in [2.75, 3.05) is 0 Å². The van der Waals surface area contributed by atoms with E-state index in [0.29, 0.717) is 22.5 Å². The van der Waals surface area contributed by atoms with E-state index < -0.39 is 0 Å². The van der Waals surface area contributed by atoms with E-state index in [4.69, 9.17) is 14.1 Å². The number of benzene rings is 3. The fraction of sp³-hybridized carbons (Fsp3) is 0.115. The predicted octanol–water partition coefficient (Wildman–Crippen LogP) is 5.48. The Morgan fingerprint density at radius 1 is 1.00 bits per heavy atom. The van der Waals surface area contributed by atoms with E-state index >= 15 is 0 Å². The number of hydrogen-bond acceptors (Lipinski definition) is 5. The Balaban J connectivity index is 1.62. The third kappa shape index (κ3) is 3.78. The first-order chi connectivity index (χ1) is 15.6. The van der Waals surface area contributed by atoms with Crippen LogP contribution in [0.25, 0.3) is 33.5 Å². The predicted molar refractivity (Wildman–Crippen MR) is 126 cm³/mol. The summed E-state index contributed by atoms with van der Waals surface area (Å²) >= 11 is 0. The van der Waals surface area contributed by atoms with Crippen LogP contribution in [0.4, 0.5) is 0 Å². The Morgan fingerprint density at radius 2 is 1.75 bits per heavy atom. The van der Waals surface area contributed by atoms with Gasteiger partial charge in [0.1, 0.15) is 11.3 Å². The van der Waals surface area contributed by atoms with Crippen molar-refractivity contribution < 1.29 is 9.15 Å². The maximum absolute atomic E-state index is 13.3. The number of rotatable bonds is 5. The Kier molecular flexibility index (Phi) is 5.03. The molecule has 0 aliphatic rings. The molecule has 0 saturated heterocycles. The molecule has 0 unspecified atom stereocenters. The summed E-state index contributed by atoms with van der Waals surface area (Å²) in [7, 11) is 0. The number of furan rings is 1. The first kappa shape index (κ1) is 19.8. The van der Waals surface area contributed by atoms with Crippen LogP contribution in [0.15, 0.2) is 93.2 Å². The summed E-state index contributed by atoms with van der Waals surface area (Å²) in [6.07, 6.45) is 1.73. The van der Waals surface area contributed by atoms with Crippen molar-refractivity contribution in [2.24, 2.45) is 5.10 Å². The molecule has 0 spiro atoms. The Morgan fingerprint density at radius 3 is 2.53 bits per heavy atom. The highest BCUT2D eigenvalue weighted by Crippen LogP contribution is 2.27. The molecule has 0 radical (unpaired) electrons. The van der Waals surface area contributed by atoms with Gasteiger partial charge in [0, 0.05) is 5.39 Å². The van der Waals surface area contributed by atoms with E-state index in [1.54, 1.807) is 12.3 Å². The molecular weight excluding hydrogens is 402 g/mol. The molecule has 32 heavy (non-hydrogen) atoms. The molecular formula is C26H21N3O3. The molecule has 6 heteroatoms. The van der Waals surface area contributed by atoms with Gasteiger partial charge in [-0.15, -0.1) is 0 Å². The quantitative estimate of drug-likeness (QED) is 0.351. The third-order valence-electron chi connectivity index (χ3n) is 4.97. The number of para-hydroxylation sites is 2. The zero-order valence-electron chi connectivity index (χ0n) is 17.7. The lowest BCUT2D eigenvalue weighted by molar-refractivity contribution is 0.242. The second-order valence-corrected chi connectivity index (χ2v) is 7.70. The van der Waals surface area contributed by atoms with E-state index in [2.05, 4.69) is 5.10 Å². The van der Waals surface area contributed by atoms with Gasteiger partial charge < -0.3 is 9.15 Å². The summed E-state index contributed by atoms with van der Waals surface area (Å²) in [5.74, 6) is 1.61. The van der Waals surface area contributed by atoms with E-state index in [1.807, 2.05) is 86.6 Å². The topological polar surface area (TPSA) is 69.6 Å². The Hall–Kier alpha value is -4.19. The summed E-state index contributed by atoms with van der Waals surface area (Å²) in [6, 6.07) is 24.3. The highest BCUT2D eigenvalue weighted by Gasteiger charge is 2.16. The largest absolute Gasteiger partial charge is 0.491 e. The molecule has 0 fully saturated rings. The van der Waals surface area contributed by atoms with Crippen LogP contribution in [0.1, 0.15) is 19.4 Å². The summed E-state index contributed by atoms with van der Waals surface area (Å²) in [6.45, 7) is 3.96. The van der Waals surface area contributed by atoms with Crippen LogP contribution >= 0.6 is 0 Å². The van der Waals surface area contributed by atoms with E-state index in [9.17, 15) is 4.79 Å². The average molecular weight is 423 g/mol. The smallest absolute Gasteiger partial charge is 0.282 e. The maximum atomic E-state index is 13.3. The SMILES string of the molecule is CC(C)Oc1ccc(C=Nn2c(-c3cc4ccccc4o3)nc3ccccc3c2=O)cc1. The maximum Gasteiger partial charge on any atom is 0.282 e. The van der Waals surface area contributed by atoms with Crippen LogP contribution in [-0.2, 0) is 0 Å².